The fraction of sp³-hybridized carbons (Fsp3) is 0. The first-order valence-corrected chi connectivity index (χ1v) is 5.27. The van der Waals surface area contributed by atoms with Crippen LogP contribution in [0.2, 0.25) is 0 Å². The first-order chi connectivity index (χ1) is 5.91. The molecule has 0 aliphatic rings. The van der Waals surface area contributed by atoms with E-state index >= 15 is 0 Å². The second-order valence-corrected chi connectivity index (χ2v) is 4.56. The molecule has 70 valence electrons. The number of aromatic nitrogens is 1. The number of nitrogens with zero attached hydrogens (tertiary/aromatic N) is 2. The maximum atomic E-state index is 10.7. The van der Waals surface area contributed by atoms with Gasteiger partial charge in [0.2, 0.25) is 0 Å². The summed E-state index contributed by atoms with van der Waals surface area (Å²) in [5.41, 5.74) is -0.366. The highest BCUT2D eigenvalue weighted by Crippen LogP contribution is 2.17. The molecule has 6 nitrogen and oxygen atoms in total. The van der Waals surface area contributed by atoms with Crippen LogP contribution < -0.4 is 0 Å². The molecule has 8 heteroatoms. The van der Waals surface area contributed by atoms with Gasteiger partial charge in [0.15, 0.2) is 5.03 Å². The van der Waals surface area contributed by atoms with Crippen molar-refractivity contribution >= 4 is 25.4 Å². The van der Waals surface area contributed by atoms with Crippen LogP contribution in [0.25, 0.3) is 0 Å². The molecule has 0 saturated heterocycles. The average molecular weight is 223 g/mol. The van der Waals surface area contributed by atoms with Gasteiger partial charge in [-0.2, -0.15) is 0 Å². The Bertz CT molecular complexity index is 444. The van der Waals surface area contributed by atoms with Crippen molar-refractivity contribution in [1.29, 1.82) is 0 Å². The summed E-state index contributed by atoms with van der Waals surface area (Å²) in [6, 6.07) is 1.87. The van der Waals surface area contributed by atoms with Crippen molar-refractivity contribution in [1.82, 2.24) is 4.98 Å². The van der Waals surface area contributed by atoms with E-state index in [4.69, 9.17) is 10.7 Å². The van der Waals surface area contributed by atoms with Crippen LogP contribution in [0.15, 0.2) is 23.4 Å². The van der Waals surface area contributed by atoms with E-state index in [0.29, 0.717) is 0 Å². The Morgan fingerprint density at radius 1 is 1.54 bits per heavy atom. The minimum Gasteiger partial charge on any atom is -0.258 e. The van der Waals surface area contributed by atoms with Crippen LogP contribution >= 0.6 is 10.7 Å². The summed E-state index contributed by atoms with van der Waals surface area (Å²) in [4.78, 5) is 12.9. The maximum Gasteiger partial charge on any atom is 0.278 e. The lowest BCUT2D eigenvalue weighted by Gasteiger charge is -1.93. The zero-order chi connectivity index (χ0) is 10.1. The third kappa shape index (κ3) is 2.36. The van der Waals surface area contributed by atoms with Crippen molar-refractivity contribution in [2.45, 2.75) is 5.03 Å². The fourth-order valence-corrected chi connectivity index (χ4v) is 1.35. The Morgan fingerprint density at radius 3 is 2.62 bits per heavy atom. The van der Waals surface area contributed by atoms with Crippen molar-refractivity contribution in [2.75, 3.05) is 0 Å². The van der Waals surface area contributed by atoms with Crippen LogP contribution in [0.4, 0.5) is 5.69 Å². The number of pyridine rings is 1. The minimum absolute atomic E-state index is 0.366. The predicted molar refractivity (Wildman–Crippen MR) is 43.9 cm³/mol. The Kier molecular flexibility index (Phi) is 2.48. The summed E-state index contributed by atoms with van der Waals surface area (Å²) >= 11 is 0. The zero-order valence-electron chi connectivity index (χ0n) is 6.05. The van der Waals surface area contributed by atoms with Gasteiger partial charge >= 0.3 is 0 Å². The highest BCUT2D eigenvalue weighted by molar-refractivity contribution is 8.13. The maximum absolute atomic E-state index is 10.7. The number of rotatable bonds is 2. The van der Waals surface area contributed by atoms with Gasteiger partial charge in [0.25, 0.3) is 14.7 Å². The Hall–Kier alpha value is -1.21. The molecule has 1 heterocycles. The lowest BCUT2D eigenvalue weighted by molar-refractivity contribution is -0.385. The van der Waals surface area contributed by atoms with Crippen LogP contribution in [-0.4, -0.2) is 18.3 Å². The molecular formula is C5H3ClN2O4S. The van der Waals surface area contributed by atoms with E-state index in [9.17, 15) is 18.5 Å². The average Bonchev–Trinajstić information content (AvgIpc) is 2.03. The van der Waals surface area contributed by atoms with E-state index in [1.54, 1.807) is 0 Å². The molecule has 13 heavy (non-hydrogen) atoms. The van der Waals surface area contributed by atoms with Crippen LogP contribution in [0, 0.1) is 10.1 Å². The third-order valence-electron chi connectivity index (χ3n) is 1.18. The Morgan fingerprint density at radius 2 is 2.15 bits per heavy atom. The van der Waals surface area contributed by atoms with Crippen molar-refractivity contribution in [3.63, 3.8) is 0 Å². The van der Waals surface area contributed by atoms with Crippen LogP contribution in [-0.2, 0) is 9.05 Å². The molecule has 0 radical (unpaired) electrons. The summed E-state index contributed by atoms with van der Waals surface area (Å²) in [6.07, 6.45) is 1.01. The van der Waals surface area contributed by atoms with E-state index < -0.39 is 19.0 Å². The van der Waals surface area contributed by atoms with Crippen LogP contribution in [0.5, 0.6) is 0 Å². The molecule has 0 fully saturated rings. The second kappa shape index (κ2) is 3.27. The van der Waals surface area contributed by atoms with Gasteiger partial charge < -0.3 is 0 Å². The molecule has 1 rings (SSSR count). The zero-order valence-corrected chi connectivity index (χ0v) is 7.62. The van der Waals surface area contributed by atoms with Crippen molar-refractivity contribution in [2.24, 2.45) is 0 Å². The third-order valence-corrected chi connectivity index (χ3v) is 2.38. The molecular weight excluding hydrogens is 220 g/mol. The number of hydrogen-bond donors (Lipinski definition) is 0. The Balaban J connectivity index is 3.29. The molecule has 1 aromatic heterocycles. The van der Waals surface area contributed by atoms with Gasteiger partial charge in [0.05, 0.1) is 11.0 Å². The SMILES string of the molecule is O=[N+]([O-])c1ccnc(S(=O)(=O)Cl)c1. The van der Waals surface area contributed by atoms with E-state index in [-0.39, 0.29) is 5.69 Å². The second-order valence-electron chi connectivity index (χ2n) is 2.05. The molecule has 0 bridgehead atoms. The highest BCUT2D eigenvalue weighted by Gasteiger charge is 2.15. The summed E-state index contributed by atoms with van der Waals surface area (Å²) in [6.45, 7) is 0. The van der Waals surface area contributed by atoms with E-state index in [0.717, 1.165) is 18.3 Å². The quantitative estimate of drug-likeness (QED) is 0.422. The molecule has 0 aliphatic heterocycles. The normalized spacial score (nSPS) is 11.2. The first kappa shape index (κ1) is 9.87. The predicted octanol–water partition coefficient (Wildman–Crippen LogP) is 0.917. The highest BCUT2D eigenvalue weighted by atomic mass is 35.7. The molecule has 0 atom stereocenters. The van der Waals surface area contributed by atoms with Crippen molar-refractivity contribution in [3.8, 4) is 0 Å². The van der Waals surface area contributed by atoms with Gasteiger partial charge in [-0.1, -0.05) is 0 Å². The Labute approximate surface area is 77.7 Å². The molecule has 0 aromatic carbocycles. The van der Waals surface area contributed by atoms with Gasteiger partial charge in [-0.3, -0.25) is 10.1 Å². The lowest BCUT2D eigenvalue weighted by Crippen LogP contribution is -1.96. The number of nitro groups is 1. The number of halogens is 1. The fourth-order valence-electron chi connectivity index (χ4n) is 0.646. The van der Waals surface area contributed by atoms with E-state index in [1.807, 2.05) is 0 Å². The summed E-state index contributed by atoms with van der Waals surface area (Å²) in [5.74, 6) is 0. The van der Waals surface area contributed by atoms with Crippen molar-refractivity contribution < 1.29 is 13.3 Å². The largest absolute Gasteiger partial charge is 0.278 e. The standard InChI is InChI=1S/C5H3ClN2O4S/c6-13(11,12)5-3-4(8(9)10)1-2-7-5/h1-3H. The van der Waals surface area contributed by atoms with E-state index in [1.165, 1.54) is 0 Å². The molecule has 0 aliphatic carbocycles. The summed E-state index contributed by atoms with van der Waals surface area (Å²) in [5, 5.41) is 9.70. The van der Waals surface area contributed by atoms with Crippen LogP contribution in [0.1, 0.15) is 0 Å². The molecule has 1 aromatic rings. The van der Waals surface area contributed by atoms with E-state index in [2.05, 4.69) is 4.98 Å². The van der Waals surface area contributed by atoms with Gasteiger partial charge in [0.1, 0.15) is 0 Å². The van der Waals surface area contributed by atoms with Gasteiger partial charge in [-0.25, -0.2) is 13.4 Å². The monoisotopic (exact) mass is 222 g/mol. The molecule has 0 N–H and O–H groups in total. The first-order valence-electron chi connectivity index (χ1n) is 2.96. The van der Waals surface area contributed by atoms with Crippen molar-refractivity contribution in [3.05, 3.63) is 28.4 Å². The van der Waals surface area contributed by atoms with Gasteiger partial charge in [-0.05, 0) is 0 Å². The smallest absolute Gasteiger partial charge is 0.258 e. The van der Waals surface area contributed by atoms with Gasteiger partial charge in [-0.15, -0.1) is 0 Å². The van der Waals surface area contributed by atoms with Gasteiger partial charge in [0, 0.05) is 22.9 Å². The summed E-state index contributed by atoms with van der Waals surface area (Å²) < 4.78 is 21.4. The molecule has 0 saturated carbocycles. The summed E-state index contributed by atoms with van der Waals surface area (Å²) in [7, 11) is 0.920. The van der Waals surface area contributed by atoms with Crippen LogP contribution in [0.3, 0.4) is 0 Å². The minimum atomic E-state index is -4.00. The molecule has 0 amide bonds. The lowest BCUT2D eigenvalue weighted by atomic mass is 10.4. The topological polar surface area (TPSA) is 90.2 Å². The number of hydrogen-bond acceptors (Lipinski definition) is 5. The molecule has 0 unspecified atom stereocenters. The molecule has 0 spiro atoms.